The van der Waals surface area contributed by atoms with Crippen molar-refractivity contribution in [1.29, 1.82) is 0 Å². The highest BCUT2D eigenvalue weighted by Crippen LogP contribution is 2.17. The smallest absolute Gasteiger partial charge is 0.263 e. The largest absolute Gasteiger partial charge is 0.347 e. The van der Waals surface area contributed by atoms with E-state index in [9.17, 15) is 4.79 Å². The molecule has 0 saturated carbocycles. The van der Waals surface area contributed by atoms with Crippen LogP contribution in [0.4, 0.5) is 0 Å². The van der Waals surface area contributed by atoms with Crippen LogP contribution in [0.15, 0.2) is 5.51 Å². The lowest BCUT2D eigenvalue weighted by Crippen LogP contribution is -2.41. The summed E-state index contributed by atoms with van der Waals surface area (Å²) in [5.74, 6) is 1.89. The maximum Gasteiger partial charge on any atom is 0.263 e. The molecule has 7 heteroatoms. The average molecular weight is 277 g/mol. The zero-order valence-electron chi connectivity index (χ0n) is 10.9. The fraction of sp³-hybridized carbons (Fsp3) is 0.500. The number of hydrogen-bond acceptors (Lipinski definition) is 5. The van der Waals surface area contributed by atoms with E-state index in [4.69, 9.17) is 0 Å². The number of aromatic nitrogens is 4. The molecular formula is C12H15N5OS. The third-order valence-electron chi connectivity index (χ3n) is 3.42. The van der Waals surface area contributed by atoms with Crippen LogP contribution < -0.4 is 5.32 Å². The van der Waals surface area contributed by atoms with E-state index < -0.39 is 0 Å². The molecule has 0 unspecified atom stereocenters. The zero-order valence-corrected chi connectivity index (χ0v) is 11.7. The van der Waals surface area contributed by atoms with Crippen molar-refractivity contribution in [1.82, 2.24) is 25.1 Å². The van der Waals surface area contributed by atoms with Crippen LogP contribution in [0.5, 0.6) is 0 Å². The molecule has 0 fully saturated rings. The molecule has 1 amide bonds. The first-order valence-electron chi connectivity index (χ1n) is 6.25. The second-order valence-electron chi connectivity index (χ2n) is 4.75. The summed E-state index contributed by atoms with van der Waals surface area (Å²) in [5, 5.41) is 11.3. The van der Waals surface area contributed by atoms with E-state index in [0.717, 1.165) is 36.7 Å². The van der Waals surface area contributed by atoms with Crippen LogP contribution in [-0.2, 0) is 13.0 Å². The van der Waals surface area contributed by atoms with Gasteiger partial charge in [-0.1, -0.05) is 0 Å². The highest BCUT2D eigenvalue weighted by Gasteiger charge is 2.24. The molecule has 2 aromatic heterocycles. The van der Waals surface area contributed by atoms with Crippen molar-refractivity contribution in [3.63, 3.8) is 0 Å². The molecule has 0 spiro atoms. The quantitative estimate of drug-likeness (QED) is 0.892. The number of carbonyl (C=O) groups excluding carboxylic acids is 1. The first kappa shape index (κ1) is 12.3. The van der Waals surface area contributed by atoms with E-state index in [0.29, 0.717) is 4.88 Å². The Bertz CT molecular complexity index is 617. The van der Waals surface area contributed by atoms with Gasteiger partial charge in [0.25, 0.3) is 5.91 Å². The molecule has 3 rings (SSSR count). The number of amides is 1. The Morgan fingerprint density at radius 3 is 3.05 bits per heavy atom. The molecular weight excluding hydrogens is 262 g/mol. The molecule has 0 radical (unpaired) electrons. The number of fused-ring (bicyclic) bond motifs is 1. The second-order valence-corrected chi connectivity index (χ2v) is 5.60. The summed E-state index contributed by atoms with van der Waals surface area (Å²) < 4.78 is 2.08. The van der Waals surface area contributed by atoms with Crippen LogP contribution in [-0.4, -0.2) is 31.7 Å². The molecule has 0 aromatic carbocycles. The van der Waals surface area contributed by atoms with Gasteiger partial charge in [0.05, 0.1) is 11.2 Å². The molecule has 2 aromatic rings. The summed E-state index contributed by atoms with van der Waals surface area (Å²) in [7, 11) is 0. The predicted octanol–water partition coefficient (Wildman–Crippen LogP) is 1.10. The fourth-order valence-corrected chi connectivity index (χ4v) is 3.06. The van der Waals surface area contributed by atoms with Crippen molar-refractivity contribution < 1.29 is 4.79 Å². The van der Waals surface area contributed by atoms with E-state index in [-0.39, 0.29) is 11.9 Å². The Morgan fingerprint density at radius 1 is 1.47 bits per heavy atom. The molecule has 3 heterocycles. The Morgan fingerprint density at radius 2 is 2.32 bits per heavy atom. The molecule has 1 aliphatic rings. The van der Waals surface area contributed by atoms with Crippen molar-refractivity contribution in [2.75, 3.05) is 0 Å². The molecule has 6 nitrogen and oxygen atoms in total. The van der Waals surface area contributed by atoms with Crippen molar-refractivity contribution in [2.45, 2.75) is 39.3 Å². The first-order chi connectivity index (χ1) is 9.15. The van der Waals surface area contributed by atoms with E-state index >= 15 is 0 Å². The van der Waals surface area contributed by atoms with Crippen LogP contribution >= 0.6 is 11.3 Å². The molecule has 100 valence electrons. The SMILES string of the molecule is Cc1ncsc1C(=O)N[C@H]1CCc2nnc(C)n2C1. The third-order valence-corrected chi connectivity index (χ3v) is 4.35. The minimum absolute atomic E-state index is 0.0285. The molecule has 1 atom stereocenters. The van der Waals surface area contributed by atoms with Crippen LogP contribution in [0.2, 0.25) is 0 Å². The molecule has 0 saturated heterocycles. The Kier molecular flexibility index (Phi) is 3.06. The number of aryl methyl sites for hydroxylation is 3. The van der Waals surface area contributed by atoms with Crippen molar-refractivity contribution >= 4 is 17.2 Å². The van der Waals surface area contributed by atoms with Crippen LogP contribution in [0, 0.1) is 13.8 Å². The number of thiazole rings is 1. The highest BCUT2D eigenvalue weighted by molar-refractivity contribution is 7.11. The van der Waals surface area contributed by atoms with Gasteiger partial charge in [0.2, 0.25) is 0 Å². The average Bonchev–Trinajstić information content (AvgIpc) is 2.97. The van der Waals surface area contributed by atoms with Gasteiger partial charge in [-0.05, 0) is 20.3 Å². The van der Waals surface area contributed by atoms with E-state index in [1.54, 1.807) is 5.51 Å². The summed E-state index contributed by atoms with van der Waals surface area (Å²) >= 11 is 1.38. The molecule has 0 aliphatic carbocycles. The second kappa shape index (κ2) is 4.73. The normalized spacial score (nSPS) is 18.1. The van der Waals surface area contributed by atoms with Gasteiger partial charge in [-0.15, -0.1) is 21.5 Å². The van der Waals surface area contributed by atoms with Crippen LogP contribution in [0.25, 0.3) is 0 Å². The van der Waals surface area contributed by atoms with Gasteiger partial charge in [-0.25, -0.2) is 4.98 Å². The van der Waals surface area contributed by atoms with Crippen LogP contribution in [0.1, 0.15) is 33.4 Å². The molecule has 0 bridgehead atoms. The number of rotatable bonds is 2. The molecule has 1 aliphatic heterocycles. The van der Waals surface area contributed by atoms with E-state index in [1.165, 1.54) is 11.3 Å². The number of nitrogens with zero attached hydrogens (tertiary/aromatic N) is 4. The third kappa shape index (κ3) is 2.25. The number of carbonyl (C=O) groups is 1. The van der Waals surface area contributed by atoms with Crippen molar-refractivity contribution in [3.05, 3.63) is 27.7 Å². The zero-order chi connectivity index (χ0) is 13.4. The lowest BCUT2D eigenvalue weighted by molar-refractivity contribution is 0.0930. The summed E-state index contributed by atoms with van der Waals surface area (Å²) in [5.41, 5.74) is 2.49. The van der Waals surface area contributed by atoms with Crippen molar-refractivity contribution in [2.24, 2.45) is 0 Å². The minimum atomic E-state index is -0.0285. The standard InChI is InChI=1S/C12H15N5OS/c1-7-11(19-6-13-7)12(18)14-9-3-4-10-16-15-8(2)17(10)5-9/h6,9H,3-5H2,1-2H3,(H,14,18)/t9-/m0/s1. The van der Waals surface area contributed by atoms with Gasteiger partial charge in [0, 0.05) is 19.0 Å². The fourth-order valence-electron chi connectivity index (χ4n) is 2.35. The highest BCUT2D eigenvalue weighted by atomic mass is 32.1. The summed E-state index contributed by atoms with van der Waals surface area (Å²) in [6.45, 7) is 4.54. The van der Waals surface area contributed by atoms with Crippen LogP contribution in [0.3, 0.4) is 0 Å². The lowest BCUT2D eigenvalue weighted by atomic mass is 10.1. The summed E-state index contributed by atoms with van der Waals surface area (Å²) in [6, 6.07) is 0.135. The van der Waals surface area contributed by atoms with Gasteiger partial charge in [0.15, 0.2) is 0 Å². The number of nitrogens with one attached hydrogen (secondary N) is 1. The first-order valence-corrected chi connectivity index (χ1v) is 7.12. The van der Waals surface area contributed by atoms with E-state index in [2.05, 4.69) is 25.1 Å². The summed E-state index contributed by atoms with van der Waals surface area (Å²) in [6.07, 6.45) is 1.76. The Hall–Kier alpha value is -1.76. The van der Waals surface area contributed by atoms with Gasteiger partial charge >= 0.3 is 0 Å². The van der Waals surface area contributed by atoms with Gasteiger partial charge in [0.1, 0.15) is 16.5 Å². The van der Waals surface area contributed by atoms with E-state index in [1.807, 2.05) is 13.8 Å². The maximum atomic E-state index is 12.1. The topological polar surface area (TPSA) is 72.7 Å². The van der Waals surface area contributed by atoms with Gasteiger partial charge < -0.3 is 9.88 Å². The predicted molar refractivity (Wildman–Crippen MR) is 71.2 cm³/mol. The molecule has 19 heavy (non-hydrogen) atoms. The monoisotopic (exact) mass is 277 g/mol. The number of hydrogen-bond donors (Lipinski definition) is 1. The van der Waals surface area contributed by atoms with Gasteiger partial charge in [-0.3, -0.25) is 4.79 Å². The lowest BCUT2D eigenvalue weighted by Gasteiger charge is -2.24. The van der Waals surface area contributed by atoms with Gasteiger partial charge in [-0.2, -0.15) is 0 Å². The molecule has 1 N–H and O–H groups in total. The van der Waals surface area contributed by atoms with Crippen molar-refractivity contribution in [3.8, 4) is 0 Å². The summed E-state index contributed by atoms with van der Waals surface area (Å²) in [4.78, 5) is 17.0. The Balaban J connectivity index is 1.71. The maximum absolute atomic E-state index is 12.1. The minimum Gasteiger partial charge on any atom is -0.347 e. The Labute approximate surface area is 114 Å².